The minimum atomic E-state index is -0.646. The second-order valence-corrected chi connectivity index (χ2v) is 4.60. The molecule has 2 aromatic rings. The number of esters is 1. The summed E-state index contributed by atoms with van der Waals surface area (Å²) in [4.78, 5) is 22.4. The quantitative estimate of drug-likeness (QED) is 0.453. The summed E-state index contributed by atoms with van der Waals surface area (Å²) in [5.41, 5.74) is 0.305. The summed E-state index contributed by atoms with van der Waals surface area (Å²) in [6.07, 6.45) is 0.843. The van der Waals surface area contributed by atoms with Gasteiger partial charge >= 0.3 is 5.97 Å². The number of carbonyl (C=O) groups excluding carboxylic acids is 1. The standard InChI is InChI=1S/C13H15N5O4/c1-3-7-17-12(14-15-16-17)8-22-13(19)10-5-4-6-11(9(10)2)18(20)21/h4-6H,3,7-8H2,1-2H3. The molecule has 1 aromatic heterocycles. The van der Waals surface area contributed by atoms with Gasteiger partial charge < -0.3 is 4.74 Å². The highest BCUT2D eigenvalue weighted by atomic mass is 16.6. The number of hydrogen-bond donors (Lipinski definition) is 0. The third-order valence-corrected chi connectivity index (χ3v) is 3.10. The molecule has 0 aliphatic heterocycles. The fourth-order valence-electron chi connectivity index (χ4n) is 1.96. The van der Waals surface area contributed by atoms with E-state index in [1.54, 1.807) is 4.68 Å². The number of benzene rings is 1. The first kappa shape index (κ1) is 15.5. The molecule has 9 nitrogen and oxygen atoms in total. The third kappa shape index (κ3) is 3.25. The molecule has 116 valence electrons. The molecule has 1 aromatic carbocycles. The average molecular weight is 305 g/mol. The van der Waals surface area contributed by atoms with Gasteiger partial charge in [-0.1, -0.05) is 13.0 Å². The van der Waals surface area contributed by atoms with Crippen LogP contribution in [0.25, 0.3) is 0 Å². The van der Waals surface area contributed by atoms with Crippen LogP contribution in [0.15, 0.2) is 18.2 Å². The minimum Gasteiger partial charge on any atom is -0.454 e. The van der Waals surface area contributed by atoms with E-state index >= 15 is 0 Å². The minimum absolute atomic E-state index is 0.0893. The van der Waals surface area contributed by atoms with Crippen LogP contribution in [0.5, 0.6) is 0 Å². The van der Waals surface area contributed by atoms with Crippen LogP contribution in [0, 0.1) is 17.0 Å². The molecule has 22 heavy (non-hydrogen) atoms. The lowest BCUT2D eigenvalue weighted by atomic mass is 10.1. The van der Waals surface area contributed by atoms with Crippen LogP contribution in [0.4, 0.5) is 5.69 Å². The van der Waals surface area contributed by atoms with E-state index < -0.39 is 10.9 Å². The second kappa shape index (κ2) is 6.74. The lowest BCUT2D eigenvalue weighted by molar-refractivity contribution is -0.385. The Bertz CT molecular complexity index is 697. The fourth-order valence-corrected chi connectivity index (χ4v) is 1.96. The highest BCUT2D eigenvalue weighted by Gasteiger charge is 2.19. The van der Waals surface area contributed by atoms with Gasteiger partial charge in [-0.3, -0.25) is 10.1 Å². The first-order valence-electron chi connectivity index (χ1n) is 6.70. The van der Waals surface area contributed by atoms with E-state index in [0.29, 0.717) is 12.4 Å². The zero-order valence-electron chi connectivity index (χ0n) is 12.2. The maximum Gasteiger partial charge on any atom is 0.339 e. The van der Waals surface area contributed by atoms with Crippen molar-refractivity contribution < 1.29 is 14.5 Å². The van der Waals surface area contributed by atoms with Gasteiger partial charge in [0.2, 0.25) is 0 Å². The van der Waals surface area contributed by atoms with Crippen LogP contribution < -0.4 is 0 Å². The molecule has 0 radical (unpaired) electrons. The summed E-state index contributed by atoms with van der Waals surface area (Å²) in [6.45, 7) is 4.02. The highest BCUT2D eigenvalue weighted by Crippen LogP contribution is 2.21. The Morgan fingerprint density at radius 1 is 1.45 bits per heavy atom. The predicted molar refractivity (Wildman–Crippen MR) is 75.1 cm³/mol. The van der Waals surface area contributed by atoms with Crippen molar-refractivity contribution in [3.05, 3.63) is 45.3 Å². The monoisotopic (exact) mass is 305 g/mol. The Hall–Kier alpha value is -2.84. The van der Waals surface area contributed by atoms with Gasteiger partial charge in [0.15, 0.2) is 12.4 Å². The molecule has 0 saturated carbocycles. The number of aryl methyl sites for hydroxylation is 1. The molecule has 0 saturated heterocycles. The van der Waals surface area contributed by atoms with Crippen molar-refractivity contribution in [2.45, 2.75) is 33.4 Å². The maximum atomic E-state index is 12.1. The Labute approximate surface area is 126 Å². The summed E-state index contributed by atoms with van der Waals surface area (Å²) in [5, 5.41) is 22.0. The third-order valence-electron chi connectivity index (χ3n) is 3.10. The van der Waals surface area contributed by atoms with E-state index in [1.807, 2.05) is 6.92 Å². The Balaban J connectivity index is 2.11. The van der Waals surface area contributed by atoms with Crippen molar-refractivity contribution in [3.63, 3.8) is 0 Å². The van der Waals surface area contributed by atoms with Crippen LogP contribution >= 0.6 is 0 Å². The van der Waals surface area contributed by atoms with E-state index in [-0.39, 0.29) is 23.4 Å². The summed E-state index contributed by atoms with van der Waals surface area (Å²) in [6, 6.07) is 4.27. The number of rotatable bonds is 6. The van der Waals surface area contributed by atoms with Crippen LogP contribution in [0.3, 0.4) is 0 Å². The SMILES string of the molecule is CCCn1nnnc1COC(=O)c1cccc([N+](=O)[O-])c1C. The molecule has 9 heteroatoms. The van der Waals surface area contributed by atoms with Gasteiger partial charge in [-0.2, -0.15) is 0 Å². The van der Waals surface area contributed by atoms with E-state index in [4.69, 9.17) is 4.74 Å². The fraction of sp³-hybridized carbons (Fsp3) is 0.385. The van der Waals surface area contributed by atoms with Crippen LogP contribution in [0.2, 0.25) is 0 Å². The number of tetrazole rings is 1. The molecule has 0 aliphatic carbocycles. The Morgan fingerprint density at radius 2 is 2.23 bits per heavy atom. The molecule has 0 unspecified atom stereocenters. The first-order valence-corrected chi connectivity index (χ1v) is 6.70. The Morgan fingerprint density at radius 3 is 2.91 bits per heavy atom. The normalized spacial score (nSPS) is 10.5. The summed E-state index contributed by atoms with van der Waals surface area (Å²) >= 11 is 0. The van der Waals surface area contributed by atoms with Crippen LogP contribution in [-0.2, 0) is 17.9 Å². The molecule has 2 rings (SSSR count). The lowest BCUT2D eigenvalue weighted by Gasteiger charge is -2.07. The maximum absolute atomic E-state index is 12.1. The van der Waals surface area contributed by atoms with Gasteiger partial charge in [-0.05, 0) is 29.8 Å². The number of aromatic nitrogens is 4. The van der Waals surface area contributed by atoms with Gasteiger partial charge in [0.25, 0.3) is 5.69 Å². The molecule has 0 atom stereocenters. The van der Waals surface area contributed by atoms with Gasteiger partial charge in [0, 0.05) is 18.2 Å². The van der Waals surface area contributed by atoms with E-state index in [2.05, 4.69) is 15.5 Å². The highest BCUT2D eigenvalue weighted by molar-refractivity contribution is 5.92. The van der Waals surface area contributed by atoms with Crippen molar-refractivity contribution in [1.29, 1.82) is 0 Å². The van der Waals surface area contributed by atoms with Crippen LogP contribution in [-0.4, -0.2) is 31.1 Å². The van der Waals surface area contributed by atoms with E-state index in [0.717, 1.165) is 6.42 Å². The Kier molecular flexibility index (Phi) is 4.77. The molecule has 1 heterocycles. The molecule has 0 spiro atoms. The molecule has 0 bridgehead atoms. The molecule has 0 fully saturated rings. The zero-order valence-corrected chi connectivity index (χ0v) is 12.2. The zero-order chi connectivity index (χ0) is 16.1. The summed E-state index contributed by atoms with van der Waals surface area (Å²) < 4.78 is 6.70. The van der Waals surface area contributed by atoms with E-state index in [1.165, 1.54) is 25.1 Å². The molecule has 0 aliphatic rings. The number of nitrogens with zero attached hydrogens (tertiary/aromatic N) is 5. The second-order valence-electron chi connectivity index (χ2n) is 4.60. The molecular weight excluding hydrogens is 290 g/mol. The van der Waals surface area contributed by atoms with Crippen molar-refractivity contribution >= 4 is 11.7 Å². The van der Waals surface area contributed by atoms with Gasteiger partial charge in [0.1, 0.15) is 0 Å². The van der Waals surface area contributed by atoms with Gasteiger partial charge in [-0.25, -0.2) is 9.48 Å². The number of nitro benzene ring substituents is 1. The lowest BCUT2D eigenvalue weighted by Crippen LogP contribution is -2.12. The summed E-state index contributed by atoms with van der Waals surface area (Å²) in [7, 11) is 0. The van der Waals surface area contributed by atoms with Crippen molar-refractivity contribution in [1.82, 2.24) is 20.2 Å². The van der Waals surface area contributed by atoms with Crippen molar-refractivity contribution in [2.75, 3.05) is 0 Å². The average Bonchev–Trinajstić information content (AvgIpc) is 2.92. The predicted octanol–water partition coefficient (Wildman–Crippen LogP) is 1.66. The number of nitro groups is 1. The molecular formula is C13H15N5O4. The first-order chi connectivity index (χ1) is 10.5. The topological polar surface area (TPSA) is 113 Å². The van der Waals surface area contributed by atoms with Crippen molar-refractivity contribution in [2.24, 2.45) is 0 Å². The smallest absolute Gasteiger partial charge is 0.339 e. The van der Waals surface area contributed by atoms with Crippen molar-refractivity contribution in [3.8, 4) is 0 Å². The largest absolute Gasteiger partial charge is 0.454 e. The number of ether oxygens (including phenoxy) is 1. The van der Waals surface area contributed by atoms with E-state index in [9.17, 15) is 14.9 Å². The number of hydrogen-bond acceptors (Lipinski definition) is 7. The molecule has 0 N–H and O–H groups in total. The van der Waals surface area contributed by atoms with Gasteiger partial charge in [-0.15, -0.1) is 5.10 Å². The van der Waals surface area contributed by atoms with Gasteiger partial charge in [0.05, 0.1) is 10.5 Å². The van der Waals surface area contributed by atoms with Crippen LogP contribution in [0.1, 0.15) is 35.1 Å². The molecule has 0 amide bonds. The number of carbonyl (C=O) groups is 1. The summed E-state index contributed by atoms with van der Waals surface area (Å²) in [5.74, 6) is -0.217.